The molecule has 0 spiro atoms. The third kappa shape index (κ3) is 2.31. The summed E-state index contributed by atoms with van der Waals surface area (Å²) in [7, 11) is 0. The Bertz CT molecular complexity index is 720. The molecule has 3 aliphatic heterocycles. The van der Waals surface area contributed by atoms with Crippen molar-refractivity contribution in [3.63, 3.8) is 0 Å². The molecule has 122 valence electrons. The van der Waals surface area contributed by atoms with Crippen LogP contribution in [0.4, 0.5) is 4.79 Å². The molecule has 3 aliphatic rings. The molecule has 9 nitrogen and oxygen atoms in total. The Morgan fingerprint density at radius 1 is 1.61 bits per heavy atom. The van der Waals surface area contributed by atoms with Crippen molar-refractivity contribution in [1.29, 1.82) is 0 Å². The van der Waals surface area contributed by atoms with Gasteiger partial charge in [0.05, 0.1) is 12.8 Å². The second-order valence-corrected chi connectivity index (χ2v) is 7.59. The zero-order chi connectivity index (χ0) is 16.1. The SMILES string of the molecule is Cc1nnc(SCC2=C(OC(=O)O)N3C(=O)[C@H]4NCOC2[C@H]43)s1. The number of hydrogen-bond acceptors (Lipinski definition) is 9. The topological polar surface area (TPSA) is 114 Å². The first-order chi connectivity index (χ1) is 11.1. The van der Waals surface area contributed by atoms with E-state index in [0.29, 0.717) is 11.3 Å². The van der Waals surface area contributed by atoms with Gasteiger partial charge in [-0.1, -0.05) is 23.1 Å². The number of carbonyl (C=O) groups excluding carboxylic acids is 1. The summed E-state index contributed by atoms with van der Waals surface area (Å²) in [4.78, 5) is 24.5. The van der Waals surface area contributed by atoms with Crippen LogP contribution in [0.25, 0.3) is 0 Å². The van der Waals surface area contributed by atoms with Gasteiger partial charge >= 0.3 is 6.16 Å². The Labute approximate surface area is 138 Å². The summed E-state index contributed by atoms with van der Waals surface area (Å²) in [5, 5.41) is 20.8. The molecule has 1 aromatic heterocycles. The normalized spacial score (nSPS) is 28.7. The quantitative estimate of drug-likeness (QED) is 0.449. The number of hydrogen-bond donors (Lipinski definition) is 2. The first kappa shape index (κ1) is 14.9. The molecule has 23 heavy (non-hydrogen) atoms. The van der Waals surface area contributed by atoms with Crippen molar-refractivity contribution in [3.8, 4) is 0 Å². The lowest BCUT2D eigenvalue weighted by atomic mass is 9.91. The number of aryl methyl sites for hydroxylation is 1. The maximum atomic E-state index is 12.1. The fourth-order valence-electron chi connectivity index (χ4n) is 2.99. The lowest BCUT2D eigenvalue weighted by Crippen LogP contribution is -2.73. The van der Waals surface area contributed by atoms with E-state index in [2.05, 4.69) is 15.5 Å². The number of carbonyl (C=O) groups is 2. The van der Waals surface area contributed by atoms with Crippen molar-refractivity contribution in [2.45, 2.75) is 29.5 Å². The number of ether oxygens (including phenoxy) is 2. The number of aromatic nitrogens is 2. The summed E-state index contributed by atoms with van der Waals surface area (Å²) in [5.74, 6) is 0.312. The van der Waals surface area contributed by atoms with Gasteiger partial charge in [0.1, 0.15) is 17.2 Å². The minimum Gasteiger partial charge on any atom is -0.449 e. The predicted molar refractivity (Wildman–Crippen MR) is 78.8 cm³/mol. The van der Waals surface area contributed by atoms with Gasteiger partial charge < -0.3 is 14.6 Å². The van der Waals surface area contributed by atoms with Gasteiger partial charge in [0.15, 0.2) is 4.34 Å². The van der Waals surface area contributed by atoms with E-state index in [0.717, 1.165) is 9.35 Å². The highest BCUT2D eigenvalue weighted by atomic mass is 32.2. The van der Waals surface area contributed by atoms with E-state index >= 15 is 0 Å². The van der Waals surface area contributed by atoms with Crippen LogP contribution < -0.4 is 5.32 Å². The van der Waals surface area contributed by atoms with E-state index in [1.54, 1.807) is 0 Å². The Morgan fingerprint density at radius 2 is 2.43 bits per heavy atom. The molecular weight excluding hydrogens is 344 g/mol. The van der Waals surface area contributed by atoms with E-state index in [1.165, 1.54) is 28.0 Å². The maximum absolute atomic E-state index is 12.1. The largest absolute Gasteiger partial charge is 0.512 e. The predicted octanol–water partition coefficient (Wildman–Crippen LogP) is 0.384. The molecule has 4 heterocycles. The highest BCUT2D eigenvalue weighted by Gasteiger charge is 2.62. The smallest absolute Gasteiger partial charge is 0.449 e. The molecule has 0 aliphatic carbocycles. The molecule has 1 amide bonds. The molecule has 1 unspecified atom stereocenters. The third-order valence-corrected chi connectivity index (χ3v) is 5.92. The fourth-order valence-corrected chi connectivity index (χ4v) is 4.85. The number of nitrogens with zero attached hydrogens (tertiary/aromatic N) is 3. The summed E-state index contributed by atoms with van der Waals surface area (Å²) in [6, 6.07) is -0.579. The summed E-state index contributed by atoms with van der Waals surface area (Å²) < 4.78 is 11.3. The molecular formula is C12H12N4O5S2. The van der Waals surface area contributed by atoms with Gasteiger partial charge in [-0.15, -0.1) is 10.2 Å². The summed E-state index contributed by atoms with van der Waals surface area (Å²) in [5.41, 5.74) is 0.660. The molecule has 1 aromatic rings. The van der Waals surface area contributed by atoms with Gasteiger partial charge in [0, 0.05) is 11.3 Å². The third-order valence-electron chi connectivity index (χ3n) is 3.90. The molecule has 0 bridgehead atoms. The first-order valence-electron chi connectivity index (χ1n) is 6.81. The highest BCUT2D eigenvalue weighted by Crippen LogP contribution is 2.44. The molecule has 3 atom stereocenters. The van der Waals surface area contributed by atoms with Crippen molar-refractivity contribution in [1.82, 2.24) is 20.4 Å². The lowest BCUT2D eigenvalue weighted by molar-refractivity contribution is -0.164. The van der Waals surface area contributed by atoms with Crippen LogP contribution in [0.2, 0.25) is 0 Å². The van der Waals surface area contributed by atoms with Gasteiger partial charge in [0.25, 0.3) is 0 Å². The average molecular weight is 356 g/mol. The number of thioether (sulfide) groups is 1. The van der Waals surface area contributed by atoms with Crippen LogP contribution in [0, 0.1) is 6.92 Å². The molecule has 11 heteroatoms. The van der Waals surface area contributed by atoms with Crippen molar-refractivity contribution in [2.24, 2.45) is 0 Å². The fraction of sp³-hybridized carbons (Fsp3) is 0.500. The number of rotatable bonds is 4. The van der Waals surface area contributed by atoms with Gasteiger partial charge in [0.2, 0.25) is 11.8 Å². The second-order valence-electron chi connectivity index (χ2n) is 5.19. The van der Waals surface area contributed by atoms with Crippen LogP contribution in [-0.4, -0.2) is 62.9 Å². The zero-order valence-electron chi connectivity index (χ0n) is 11.9. The Morgan fingerprint density at radius 3 is 3.13 bits per heavy atom. The van der Waals surface area contributed by atoms with E-state index in [4.69, 9.17) is 14.6 Å². The van der Waals surface area contributed by atoms with Crippen LogP contribution in [0.15, 0.2) is 15.8 Å². The Kier molecular flexibility index (Phi) is 3.52. The highest BCUT2D eigenvalue weighted by molar-refractivity contribution is 8.01. The minimum atomic E-state index is -1.45. The molecule has 4 rings (SSSR count). The molecule has 0 saturated carbocycles. The van der Waals surface area contributed by atoms with Crippen LogP contribution in [0.3, 0.4) is 0 Å². The molecule has 2 N–H and O–H groups in total. The molecule has 2 saturated heterocycles. The van der Waals surface area contributed by atoms with E-state index in [-0.39, 0.29) is 36.7 Å². The van der Waals surface area contributed by atoms with Crippen LogP contribution in [0.1, 0.15) is 5.01 Å². The molecule has 2 fully saturated rings. The lowest BCUT2D eigenvalue weighted by Gasteiger charge is -2.47. The standard InChI is InChI=1S/C12H12N4O5S2/c1-4-14-15-11(23-4)22-2-5-8-7-6(13-3-20-8)9(17)16(7)10(5)21-12(18)19/h6-8,13H,2-3H2,1H3,(H,18,19)/t6-,7-,8?/m0/s1. The zero-order valence-corrected chi connectivity index (χ0v) is 13.5. The monoisotopic (exact) mass is 356 g/mol. The summed E-state index contributed by atoms with van der Waals surface area (Å²) in [6.45, 7) is 2.11. The van der Waals surface area contributed by atoms with Crippen molar-refractivity contribution >= 4 is 35.2 Å². The van der Waals surface area contributed by atoms with Crippen LogP contribution in [0.5, 0.6) is 0 Å². The van der Waals surface area contributed by atoms with Crippen LogP contribution >= 0.6 is 23.1 Å². The van der Waals surface area contributed by atoms with E-state index in [1.807, 2.05) is 6.92 Å². The van der Waals surface area contributed by atoms with E-state index < -0.39 is 6.16 Å². The molecule has 0 aromatic carbocycles. The van der Waals surface area contributed by atoms with Crippen molar-refractivity contribution < 1.29 is 24.2 Å². The second kappa shape index (κ2) is 5.44. The summed E-state index contributed by atoms with van der Waals surface area (Å²) in [6.07, 6.45) is -1.80. The molecule has 0 radical (unpaired) electrons. The Hall–Kier alpha value is -1.69. The minimum absolute atomic E-state index is 0.0752. The summed E-state index contributed by atoms with van der Waals surface area (Å²) >= 11 is 2.88. The van der Waals surface area contributed by atoms with Crippen molar-refractivity contribution in [3.05, 3.63) is 16.5 Å². The van der Waals surface area contributed by atoms with Gasteiger partial charge in [-0.3, -0.25) is 15.0 Å². The van der Waals surface area contributed by atoms with Gasteiger partial charge in [-0.2, -0.15) is 0 Å². The van der Waals surface area contributed by atoms with Gasteiger partial charge in [-0.25, -0.2) is 4.79 Å². The van der Waals surface area contributed by atoms with Crippen LogP contribution in [-0.2, 0) is 14.3 Å². The number of amides is 1. The van der Waals surface area contributed by atoms with Gasteiger partial charge in [-0.05, 0) is 6.92 Å². The Balaban J connectivity index is 1.61. The van der Waals surface area contributed by atoms with Crippen molar-refractivity contribution in [2.75, 3.05) is 12.5 Å². The number of carboxylic acid groups (broad SMARTS) is 1. The number of nitrogens with one attached hydrogen (secondary N) is 1. The van der Waals surface area contributed by atoms with E-state index in [9.17, 15) is 9.59 Å². The first-order valence-corrected chi connectivity index (χ1v) is 8.61. The average Bonchev–Trinajstić information content (AvgIpc) is 3.04. The maximum Gasteiger partial charge on any atom is 0.512 e. The number of β-lactam (4-membered cyclic amide) rings is 1.